The quantitative estimate of drug-likeness (QED) is 0.665. The molecule has 1 aromatic rings. The minimum atomic E-state index is -1.14. The second kappa shape index (κ2) is 3.55. The molecule has 0 saturated heterocycles. The van der Waals surface area contributed by atoms with Gasteiger partial charge in [0, 0.05) is 12.1 Å². The van der Waals surface area contributed by atoms with Crippen LogP contribution in [-0.2, 0) is 13.0 Å². The normalized spacial score (nSPS) is 20.2. The molecule has 2 heterocycles. The van der Waals surface area contributed by atoms with Crippen molar-refractivity contribution < 1.29 is 19.8 Å². The van der Waals surface area contributed by atoms with Crippen LogP contribution in [0.15, 0.2) is 0 Å². The van der Waals surface area contributed by atoms with Gasteiger partial charge in [0.15, 0.2) is 5.69 Å². The lowest BCUT2D eigenvalue weighted by Gasteiger charge is -2.16. The first-order chi connectivity index (χ1) is 8.50. The second-order valence-corrected chi connectivity index (χ2v) is 4.87. The molecule has 0 unspecified atom stereocenters. The van der Waals surface area contributed by atoms with Crippen molar-refractivity contribution in [2.75, 3.05) is 6.54 Å². The largest absolute Gasteiger partial charge is 0.476 e. The molecule has 96 valence electrons. The van der Waals surface area contributed by atoms with E-state index in [1.54, 1.807) is 0 Å². The van der Waals surface area contributed by atoms with E-state index in [1.165, 1.54) is 4.68 Å². The Kier molecular flexibility index (Phi) is 2.21. The maximum atomic E-state index is 11.8. The van der Waals surface area contributed by atoms with Gasteiger partial charge in [0.25, 0.3) is 5.91 Å². The SMILES string of the molecule is O=C(O)c1nn(CC2(O)CC2)c2c1CCNC2=O. The summed E-state index contributed by atoms with van der Waals surface area (Å²) in [6.45, 7) is 0.595. The topological polar surface area (TPSA) is 104 Å². The third-order valence-electron chi connectivity index (χ3n) is 3.40. The Hall–Kier alpha value is -1.89. The maximum absolute atomic E-state index is 11.8. The van der Waals surface area contributed by atoms with E-state index < -0.39 is 11.6 Å². The number of nitrogens with one attached hydrogen (secondary N) is 1. The smallest absolute Gasteiger partial charge is 0.356 e. The molecule has 3 N–H and O–H groups in total. The van der Waals surface area contributed by atoms with E-state index in [-0.39, 0.29) is 23.8 Å². The number of aliphatic hydroxyl groups is 1. The number of fused-ring (bicyclic) bond motifs is 1. The van der Waals surface area contributed by atoms with E-state index in [0.29, 0.717) is 31.4 Å². The third kappa shape index (κ3) is 1.67. The summed E-state index contributed by atoms with van der Waals surface area (Å²) < 4.78 is 1.33. The second-order valence-electron chi connectivity index (χ2n) is 4.87. The molecule has 1 amide bonds. The molecule has 2 aliphatic rings. The van der Waals surface area contributed by atoms with Crippen LogP contribution in [-0.4, -0.2) is 44.0 Å². The van der Waals surface area contributed by atoms with Gasteiger partial charge in [-0.15, -0.1) is 0 Å². The highest BCUT2D eigenvalue weighted by atomic mass is 16.4. The Morgan fingerprint density at radius 1 is 1.50 bits per heavy atom. The van der Waals surface area contributed by atoms with Crippen LogP contribution in [0.5, 0.6) is 0 Å². The zero-order valence-electron chi connectivity index (χ0n) is 9.64. The molecule has 0 spiro atoms. The summed E-state index contributed by atoms with van der Waals surface area (Å²) in [6.07, 6.45) is 1.78. The molecule has 7 nitrogen and oxygen atoms in total. The Labute approximate surface area is 102 Å². The first-order valence-corrected chi connectivity index (χ1v) is 5.84. The Bertz CT molecular complexity index is 545. The number of carbonyl (C=O) groups is 2. The molecule has 1 fully saturated rings. The molecule has 1 aliphatic heterocycles. The Balaban J connectivity index is 2.07. The number of rotatable bonds is 3. The fourth-order valence-electron chi connectivity index (χ4n) is 2.24. The van der Waals surface area contributed by atoms with Crippen LogP contribution in [0.1, 0.15) is 39.4 Å². The molecule has 0 radical (unpaired) electrons. The summed E-state index contributed by atoms with van der Waals surface area (Å²) in [4.78, 5) is 22.9. The van der Waals surface area contributed by atoms with Gasteiger partial charge >= 0.3 is 5.97 Å². The highest BCUT2D eigenvalue weighted by molar-refractivity contribution is 5.99. The number of nitrogens with zero attached hydrogens (tertiary/aromatic N) is 2. The standard InChI is InChI=1S/C11H13N3O4/c15-9-8-6(1-4-12-9)7(10(16)17)13-14(8)5-11(18)2-3-11/h18H,1-5H2,(H,12,15)(H,16,17). The molecule has 1 aliphatic carbocycles. The van der Waals surface area contributed by atoms with Crippen LogP contribution in [0.2, 0.25) is 0 Å². The number of aromatic carboxylic acids is 1. The van der Waals surface area contributed by atoms with Gasteiger partial charge in [-0.05, 0) is 19.3 Å². The number of hydrogen-bond donors (Lipinski definition) is 3. The molecular weight excluding hydrogens is 238 g/mol. The zero-order valence-corrected chi connectivity index (χ0v) is 9.64. The van der Waals surface area contributed by atoms with E-state index in [4.69, 9.17) is 5.11 Å². The minimum Gasteiger partial charge on any atom is -0.476 e. The fourth-order valence-corrected chi connectivity index (χ4v) is 2.24. The lowest BCUT2D eigenvalue weighted by Crippen LogP contribution is -2.34. The van der Waals surface area contributed by atoms with Crippen molar-refractivity contribution in [2.45, 2.75) is 31.4 Å². The average molecular weight is 251 g/mol. The molecule has 1 saturated carbocycles. The predicted molar refractivity (Wildman–Crippen MR) is 59.4 cm³/mol. The fraction of sp³-hybridized carbons (Fsp3) is 0.545. The van der Waals surface area contributed by atoms with Crippen molar-refractivity contribution in [3.05, 3.63) is 17.0 Å². The summed E-state index contributed by atoms with van der Waals surface area (Å²) in [7, 11) is 0. The Morgan fingerprint density at radius 3 is 2.83 bits per heavy atom. The minimum absolute atomic E-state index is 0.0795. The molecular formula is C11H13N3O4. The van der Waals surface area contributed by atoms with E-state index >= 15 is 0 Å². The predicted octanol–water partition coefficient (Wildman–Crippen LogP) is -0.608. The summed E-state index contributed by atoms with van der Waals surface area (Å²) in [6, 6.07) is 0. The number of carboxylic acids is 1. The highest BCUT2D eigenvalue weighted by Crippen LogP contribution is 2.37. The summed E-state index contributed by atoms with van der Waals surface area (Å²) >= 11 is 0. The molecule has 18 heavy (non-hydrogen) atoms. The number of hydrogen-bond acceptors (Lipinski definition) is 4. The van der Waals surface area contributed by atoms with Gasteiger partial charge in [0.05, 0.1) is 12.1 Å². The lowest BCUT2D eigenvalue weighted by atomic mass is 10.1. The first-order valence-electron chi connectivity index (χ1n) is 5.84. The van der Waals surface area contributed by atoms with Crippen LogP contribution in [0.4, 0.5) is 0 Å². The van der Waals surface area contributed by atoms with Crippen molar-refractivity contribution in [2.24, 2.45) is 0 Å². The summed E-state index contributed by atoms with van der Waals surface area (Å²) in [5.74, 6) is -1.46. The highest BCUT2D eigenvalue weighted by Gasteiger charge is 2.43. The van der Waals surface area contributed by atoms with Gasteiger partial charge in [0.2, 0.25) is 0 Å². The van der Waals surface area contributed by atoms with Crippen molar-refractivity contribution in [1.82, 2.24) is 15.1 Å². The van der Waals surface area contributed by atoms with E-state index in [0.717, 1.165) is 0 Å². The average Bonchev–Trinajstić information content (AvgIpc) is 2.89. The van der Waals surface area contributed by atoms with E-state index in [1.807, 2.05) is 0 Å². The number of carboxylic acid groups (broad SMARTS) is 1. The number of aromatic nitrogens is 2. The summed E-state index contributed by atoms with van der Waals surface area (Å²) in [5.41, 5.74) is -0.161. The number of carbonyl (C=O) groups excluding carboxylic acids is 1. The van der Waals surface area contributed by atoms with Crippen LogP contribution < -0.4 is 5.32 Å². The first kappa shape index (κ1) is 11.2. The summed E-state index contributed by atoms with van der Waals surface area (Å²) in [5, 5.41) is 25.6. The lowest BCUT2D eigenvalue weighted by molar-refractivity contribution is 0.0685. The monoisotopic (exact) mass is 251 g/mol. The van der Waals surface area contributed by atoms with Crippen LogP contribution in [0.25, 0.3) is 0 Å². The zero-order chi connectivity index (χ0) is 12.9. The van der Waals surface area contributed by atoms with Crippen molar-refractivity contribution in [1.29, 1.82) is 0 Å². The van der Waals surface area contributed by atoms with Gasteiger partial charge < -0.3 is 15.5 Å². The molecule has 7 heteroatoms. The van der Waals surface area contributed by atoms with Gasteiger partial charge in [-0.2, -0.15) is 5.10 Å². The third-order valence-corrected chi connectivity index (χ3v) is 3.40. The van der Waals surface area contributed by atoms with Crippen LogP contribution >= 0.6 is 0 Å². The Morgan fingerprint density at radius 2 is 2.22 bits per heavy atom. The molecule has 0 aromatic carbocycles. The maximum Gasteiger partial charge on any atom is 0.356 e. The van der Waals surface area contributed by atoms with E-state index in [2.05, 4.69) is 10.4 Å². The van der Waals surface area contributed by atoms with Gasteiger partial charge in [-0.3, -0.25) is 9.48 Å². The van der Waals surface area contributed by atoms with Gasteiger partial charge in [-0.1, -0.05) is 0 Å². The van der Waals surface area contributed by atoms with Gasteiger partial charge in [-0.25, -0.2) is 4.79 Å². The molecule has 1 aromatic heterocycles. The van der Waals surface area contributed by atoms with Crippen molar-refractivity contribution in [3.8, 4) is 0 Å². The van der Waals surface area contributed by atoms with Crippen molar-refractivity contribution in [3.63, 3.8) is 0 Å². The van der Waals surface area contributed by atoms with Crippen LogP contribution in [0, 0.1) is 0 Å². The molecule has 0 bridgehead atoms. The van der Waals surface area contributed by atoms with Gasteiger partial charge in [0.1, 0.15) is 5.69 Å². The molecule has 0 atom stereocenters. The number of amides is 1. The van der Waals surface area contributed by atoms with Crippen molar-refractivity contribution >= 4 is 11.9 Å². The molecule has 3 rings (SSSR count). The van der Waals surface area contributed by atoms with Crippen LogP contribution in [0.3, 0.4) is 0 Å². The van der Waals surface area contributed by atoms with E-state index in [9.17, 15) is 14.7 Å².